The van der Waals surface area contributed by atoms with E-state index in [9.17, 15) is 9.59 Å². The molecule has 0 saturated carbocycles. The van der Waals surface area contributed by atoms with Crippen molar-refractivity contribution in [2.24, 2.45) is 0 Å². The summed E-state index contributed by atoms with van der Waals surface area (Å²) in [6.45, 7) is 1.92. The van der Waals surface area contributed by atoms with E-state index in [4.69, 9.17) is 4.74 Å². The third-order valence-corrected chi connectivity index (χ3v) is 3.64. The zero-order chi connectivity index (χ0) is 14.5. The number of nitrogens with zero attached hydrogens (tertiary/aromatic N) is 2. The molecule has 1 aromatic heterocycles. The van der Waals surface area contributed by atoms with Crippen molar-refractivity contribution < 1.29 is 14.3 Å². The molecule has 0 unspecified atom stereocenters. The minimum Gasteiger partial charge on any atom is -0.461 e. The highest BCUT2D eigenvalue weighted by Gasteiger charge is 2.20. The molecule has 8 heteroatoms. The zero-order valence-electron chi connectivity index (χ0n) is 10.4. The van der Waals surface area contributed by atoms with Gasteiger partial charge in [0, 0.05) is 16.0 Å². The molecule has 1 amide bonds. The van der Waals surface area contributed by atoms with Gasteiger partial charge in [0.05, 0.1) is 12.2 Å². The van der Waals surface area contributed by atoms with Crippen LogP contribution in [0.15, 0.2) is 28.7 Å². The van der Waals surface area contributed by atoms with E-state index in [2.05, 4.69) is 30.8 Å². The standard InChI is InChI=1S/C12H10BrN3O3S/c1-2-19-12(18)9-11(20-16-15-9)14-10(17)7-5-3-4-6-8(7)13/h3-6H,2H2,1H3,(H,14,17). The topological polar surface area (TPSA) is 81.2 Å². The summed E-state index contributed by atoms with van der Waals surface area (Å²) in [4.78, 5) is 23.8. The number of benzene rings is 1. The highest BCUT2D eigenvalue weighted by molar-refractivity contribution is 9.10. The van der Waals surface area contributed by atoms with E-state index in [1.165, 1.54) is 0 Å². The van der Waals surface area contributed by atoms with Crippen LogP contribution in [-0.2, 0) is 4.74 Å². The lowest BCUT2D eigenvalue weighted by atomic mass is 10.2. The van der Waals surface area contributed by atoms with E-state index in [0.717, 1.165) is 11.5 Å². The molecule has 0 bridgehead atoms. The van der Waals surface area contributed by atoms with Gasteiger partial charge < -0.3 is 10.1 Å². The van der Waals surface area contributed by atoms with Crippen LogP contribution in [0.3, 0.4) is 0 Å². The van der Waals surface area contributed by atoms with Crippen molar-refractivity contribution in [1.29, 1.82) is 0 Å². The predicted octanol–water partition coefficient (Wildman–Crippen LogP) is 2.73. The Morgan fingerprint density at radius 3 is 2.85 bits per heavy atom. The summed E-state index contributed by atoms with van der Waals surface area (Å²) in [5.41, 5.74) is 0.466. The first kappa shape index (κ1) is 14.6. The van der Waals surface area contributed by atoms with Crippen LogP contribution in [0.1, 0.15) is 27.8 Å². The van der Waals surface area contributed by atoms with Gasteiger partial charge in [-0.05, 0) is 35.0 Å². The van der Waals surface area contributed by atoms with E-state index in [1.54, 1.807) is 31.2 Å². The van der Waals surface area contributed by atoms with E-state index in [0.29, 0.717) is 10.0 Å². The zero-order valence-corrected chi connectivity index (χ0v) is 12.8. The van der Waals surface area contributed by atoms with Gasteiger partial charge in [-0.25, -0.2) is 4.79 Å². The highest BCUT2D eigenvalue weighted by atomic mass is 79.9. The number of halogens is 1. The van der Waals surface area contributed by atoms with Gasteiger partial charge in [-0.3, -0.25) is 4.79 Å². The number of hydrogen-bond acceptors (Lipinski definition) is 6. The Morgan fingerprint density at radius 1 is 1.40 bits per heavy atom. The summed E-state index contributed by atoms with van der Waals surface area (Å²) in [5.74, 6) is -0.960. The van der Waals surface area contributed by atoms with Gasteiger partial charge in [0.25, 0.3) is 5.91 Å². The van der Waals surface area contributed by atoms with Gasteiger partial charge in [-0.1, -0.05) is 16.6 Å². The molecule has 104 valence electrons. The van der Waals surface area contributed by atoms with Crippen LogP contribution in [0.4, 0.5) is 5.00 Å². The molecule has 6 nitrogen and oxygen atoms in total. The number of ether oxygens (including phenoxy) is 1. The molecular weight excluding hydrogens is 346 g/mol. The highest BCUT2D eigenvalue weighted by Crippen LogP contribution is 2.22. The molecule has 1 heterocycles. The first-order chi connectivity index (χ1) is 9.63. The second kappa shape index (κ2) is 6.58. The van der Waals surface area contributed by atoms with Crippen molar-refractivity contribution in [3.8, 4) is 0 Å². The van der Waals surface area contributed by atoms with Gasteiger partial charge in [0.15, 0.2) is 5.00 Å². The lowest BCUT2D eigenvalue weighted by molar-refractivity contribution is 0.0520. The summed E-state index contributed by atoms with van der Waals surface area (Å²) in [6.07, 6.45) is 0. The summed E-state index contributed by atoms with van der Waals surface area (Å²) < 4.78 is 9.16. The van der Waals surface area contributed by atoms with Crippen LogP contribution >= 0.6 is 27.5 Å². The van der Waals surface area contributed by atoms with E-state index in [-0.39, 0.29) is 23.2 Å². The Balaban J connectivity index is 2.19. The van der Waals surface area contributed by atoms with Crippen LogP contribution < -0.4 is 5.32 Å². The smallest absolute Gasteiger partial charge is 0.362 e. The van der Waals surface area contributed by atoms with Crippen molar-refractivity contribution in [2.45, 2.75) is 6.92 Å². The van der Waals surface area contributed by atoms with Crippen molar-refractivity contribution in [3.63, 3.8) is 0 Å². The molecule has 0 aliphatic carbocycles. The number of carbonyl (C=O) groups excluding carboxylic acids is 2. The van der Waals surface area contributed by atoms with Crippen molar-refractivity contribution in [2.75, 3.05) is 11.9 Å². The molecule has 20 heavy (non-hydrogen) atoms. The maximum Gasteiger partial charge on any atom is 0.362 e. The molecule has 0 atom stereocenters. The Morgan fingerprint density at radius 2 is 2.15 bits per heavy atom. The average Bonchev–Trinajstić information content (AvgIpc) is 2.87. The molecule has 0 aliphatic heterocycles. The Kier molecular flexibility index (Phi) is 4.80. The van der Waals surface area contributed by atoms with Crippen LogP contribution in [0.25, 0.3) is 0 Å². The largest absolute Gasteiger partial charge is 0.461 e. The van der Waals surface area contributed by atoms with Crippen LogP contribution in [0.5, 0.6) is 0 Å². The van der Waals surface area contributed by atoms with E-state index < -0.39 is 5.97 Å². The van der Waals surface area contributed by atoms with Crippen LogP contribution in [0, 0.1) is 0 Å². The first-order valence-electron chi connectivity index (χ1n) is 5.68. The summed E-state index contributed by atoms with van der Waals surface area (Å²) in [5, 5.41) is 6.55. The Labute approximate surface area is 127 Å². The Bertz CT molecular complexity index is 644. The van der Waals surface area contributed by atoms with Crippen molar-refractivity contribution >= 4 is 44.3 Å². The molecule has 0 fully saturated rings. The lowest BCUT2D eigenvalue weighted by Gasteiger charge is -2.05. The number of hydrogen-bond donors (Lipinski definition) is 1. The summed E-state index contributed by atoms with van der Waals surface area (Å²) in [7, 11) is 0. The third kappa shape index (κ3) is 3.20. The fraction of sp³-hybridized carbons (Fsp3) is 0.167. The third-order valence-electron chi connectivity index (χ3n) is 2.30. The van der Waals surface area contributed by atoms with Crippen molar-refractivity contribution in [3.05, 3.63) is 40.0 Å². The second-order valence-corrected chi connectivity index (χ2v) is 5.21. The van der Waals surface area contributed by atoms with Gasteiger partial charge in [0.1, 0.15) is 0 Å². The SMILES string of the molecule is CCOC(=O)c1nnsc1NC(=O)c1ccccc1Br. The molecule has 0 saturated heterocycles. The van der Waals surface area contributed by atoms with Gasteiger partial charge >= 0.3 is 5.97 Å². The molecule has 2 aromatic rings. The summed E-state index contributed by atoms with van der Waals surface area (Å²) in [6, 6.07) is 6.97. The molecule has 0 spiro atoms. The van der Waals surface area contributed by atoms with Crippen LogP contribution in [0.2, 0.25) is 0 Å². The van der Waals surface area contributed by atoms with Gasteiger partial charge in [-0.15, -0.1) is 5.10 Å². The number of amides is 1. The Hall–Kier alpha value is -1.80. The number of nitrogens with one attached hydrogen (secondary N) is 1. The van der Waals surface area contributed by atoms with Gasteiger partial charge in [-0.2, -0.15) is 0 Å². The average molecular weight is 356 g/mol. The minimum absolute atomic E-state index is 0.0113. The molecule has 1 aromatic carbocycles. The van der Waals surface area contributed by atoms with Crippen molar-refractivity contribution in [1.82, 2.24) is 9.59 Å². The fourth-order valence-electron chi connectivity index (χ4n) is 1.42. The number of esters is 1. The van der Waals surface area contributed by atoms with E-state index in [1.807, 2.05) is 0 Å². The predicted molar refractivity (Wildman–Crippen MR) is 78.0 cm³/mol. The molecule has 1 N–H and O–H groups in total. The van der Waals surface area contributed by atoms with E-state index >= 15 is 0 Å². The molecule has 2 rings (SSSR count). The lowest BCUT2D eigenvalue weighted by Crippen LogP contribution is -2.15. The quantitative estimate of drug-likeness (QED) is 0.852. The second-order valence-electron chi connectivity index (χ2n) is 3.61. The maximum atomic E-state index is 12.1. The first-order valence-corrected chi connectivity index (χ1v) is 7.25. The number of anilines is 1. The fourth-order valence-corrected chi connectivity index (χ4v) is 2.44. The summed E-state index contributed by atoms with van der Waals surface area (Å²) >= 11 is 4.22. The number of aromatic nitrogens is 2. The molecule has 0 aliphatic rings. The van der Waals surface area contributed by atoms with Gasteiger partial charge in [0.2, 0.25) is 5.69 Å². The molecular formula is C12H10BrN3O3S. The number of rotatable bonds is 4. The number of carbonyl (C=O) groups is 2. The van der Waals surface area contributed by atoms with Crippen LogP contribution in [-0.4, -0.2) is 28.1 Å². The maximum absolute atomic E-state index is 12.1. The minimum atomic E-state index is -0.608. The monoisotopic (exact) mass is 355 g/mol. The normalized spacial score (nSPS) is 10.1. The molecule has 0 radical (unpaired) electrons.